The van der Waals surface area contributed by atoms with Crippen molar-refractivity contribution in [3.8, 4) is 11.8 Å². The molecule has 0 spiro atoms. The standard InChI is InChI=1S/C13H17N3O2/c1-15-9-11-4-2-5-12(8-11)18-10-13(17)16-7-3-6-14/h2,4-5,8,15H,3,7,9-10H2,1H3,(H,16,17). The molecule has 5 heteroatoms. The molecule has 18 heavy (non-hydrogen) atoms. The number of ether oxygens (including phenoxy) is 1. The topological polar surface area (TPSA) is 74.2 Å². The van der Waals surface area contributed by atoms with Gasteiger partial charge in [-0.2, -0.15) is 5.26 Å². The molecule has 0 saturated heterocycles. The zero-order valence-electron chi connectivity index (χ0n) is 10.4. The lowest BCUT2D eigenvalue weighted by molar-refractivity contribution is -0.123. The number of hydrogen-bond donors (Lipinski definition) is 2. The first-order chi connectivity index (χ1) is 8.76. The van der Waals surface area contributed by atoms with Crippen LogP contribution in [-0.2, 0) is 11.3 Å². The third-order valence-electron chi connectivity index (χ3n) is 2.21. The lowest BCUT2D eigenvalue weighted by Crippen LogP contribution is -2.29. The molecule has 0 unspecified atom stereocenters. The first-order valence-electron chi connectivity index (χ1n) is 5.76. The molecule has 0 fully saturated rings. The second-order valence-corrected chi connectivity index (χ2v) is 3.72. The monoisotopic (exact) mass is 247 g/mol. The minimum absolute atomic E-state index is 0.0333. The maximum Gasteiger partial charge on any atom is 0.257 e. The van der Waals surface area contributed by atoms with Crippen LogP contribution in [0, 0.1) is 11.3 Å². The number of nitrogens with zero attached hydrogens (tertiary/aromatic N) is 1. The largest absolute Gasteiger partial charge is 0.484 e. The predicted molar refractivity (Wildman–Crippen MR) is 67.9 cm³/mol. The second kappa shape index (κ2) is 8.09. The molecule has 0 atom stereocenters. The Morgan fingerprint density at radius 3 is 3.06 bits per heavy atom. The molecule has 5 nitrogen and oxygen atoms in total. The zero-order valence-corrected chi connectivity index (χ0v) is 10.4. The minimum Gasteiger partial charge on any atom is -0.484 e. The highest BCUT2D eigenvalue weighted by molar-refractivity contribution is 5.77. The van der Waals surface area contributed by atoms with Gasteiger partial charge in [-0.15, -0.1) is 0 Å². The molecule has 0 aliphatic heterocycles. The van der Waals surface area contributed by atoms with Crippen LogP contribution in [0.5, 0.6) is 5.75 Å². The van der Waals surface area contributed by atoms with E-state index in [1.807, 2.05) is 37.4 Å². The molecule has 1 aromatic rings. The van der Waals surface area contributed by atoms with Gasteiger partial charge >= 0.3 is 0 Å². The Morgan fingerprint density at radius 1 is 1.50 bits per heavy atom. The molecule has 0 aliphatic rings. The smallest absolute Gasteiger partial charge is 0.257 e. The maximum absolute atomic E-state index is 11.3. The number of amides is 1. The van der Waals surface area contributed by atoms with Crippen molar-refractivity contribution in [2.45, 2.75) is 13.0 Å². The summed E-state index contributed by atoms with van der Waals surface area (Å²) in [5.41, 5.74) is 1.10. The Kier molecular flexibility index (Phi) is 6.30. The highest BCUT2D eigenvalue weighted by atomic mass is 16.5. The van der Waals surface area contributed by atoms with E-state index in [0.29, 0.717) is 18.7 Å². The lowest BCUT2D eigenvalue weighted by atomic mass is 10.2. The Labute approximate surface area is 107 Å². The lowest BCUT2D eigenvalue weighted by Gasteiger charge is -2.08. The minimum atomic E-state index is -0.218. The van der Waals surface area contributed by atoms with E-state index in [4.69, 9.17) is 10.00 Å². The Bertz CT molecular complexity index is 426. The molecule has 0 aliphatic carbocycles. The number of carbonyl (C=O) groups excluding carboxylic acids is 1. The number of nitriles is 1. The fraction of sp³-hybridized carbons (Fsp3) is 0.385. The van der Waals surface area contributed by atoms with E-state index < -0.39 is 0 Å². The first kappa shape index (κ1) is 14.0. The zero-order chi connectivity index (χ0) is 13.2. The van der Waals surface area contributed by atoms with Gasteiger partial charge in [0.2, 0.25) is 0 Å². The molecule has 2 N–H and O–H groups in total. The molecule has 1 rings (SSSR count). The Hall–Kier alpha value is -2.06. The summed E-state index contributed by atoms with van der Waals surface area (Å²) in [6.45, 7) is 1.08. The van der Waals surface area contributed by atoms with Gasteiger partial charge < -0.3 is 15.4 Å². The average molecular weight is 247 g/mol. The summed E-state index contributed by atoms with van der Waals surface area (Å²) in [6.07, 6.45) is 0.309. The fourth-order valence-corrected chi connectivity index (χ4v) is 1.41. The summed E-state index contributed by atoms with van der Waals surface area (Å²) in [5.74, 6) is 0.447. The van der Waals surface area contributed by atoms with Gasteiger partial charge in [-0.1, -0.05) is 12.1 Å². The summed E-state index contributed by atoms with van der Waals surface area (Å²) in [7, 11) is 1.87. The van der Waals surface area contributed by atoms with Crippen LogP contribution in [0.15, 0.2) is 24.3 Å². The van der Waals surface area contributed by atoms with Gasteiger partial charge in [-0.25, -0.2) is 0 Å². The van der Waals surface area contributed by atoms with Crippen molar-refractivity contribution in [2.75, 3.05) is 20.2 Å². The predicted octanol–water partition coefficient (Wildman–Crippen LogP) is 0.815. The van der Waals surface area contributed by atoms with E-state index in [-0.39, 0.29) is 12.5 Å². The molecule has 96 valence electrons. The molecule has 0 saturated carbocycles. The van der Waals surface area contributed by atoms with Crippen LogP contribution in [0.25, 0.3) is 0 Å². The van der Waals surface area contributed by atoms with Crippen LogP contribution in [0.4, 0.5) is 0 Å². The van der Waals surface area contributed by atoms with Crippen molar-refractivity contribution in [3.05, 3.63) is 29.8 Å². The number of rotatable bonds is 7. The van der Waals surface area contributed by atoms with Crippen LogP contribution in [0.2, 0.25) is 0 Å². The summed E-state index contributed by atoms with van der Waals surface area (Å²) in [4.78, 5) is 11.3. The Morgan fingerprint density at radius 2 is 2.33 bits per heavy atom. The normalized spacial score (nSPS) is 9.56. The quantitative estimate of drug-likeness (QED) is 0.699. The van der Waals surface area contributed by atoms with E-state index in [9.17, 15) is 4.79 Å². The second-order valence-electron chi connectivity index (χ2n) is 3.72. The van der Waals surface area contributed by atoms with Crippen molar-refractivity contribution >= 4 is 5.91 Å². The molecule has 1 aromatic carbocycles. The first-order valence-corrected chi connectivity index (χ1v) is 5.76. The van der Waals surface area contributed by atoms with E-state index in [1.165, 1.54) is 0 Å². The van der Waals surface area contributed by atoms with Gasteiger partial charge in [0.25, 0.3) is 5.91 Å². The highest BCUT2D eigenvalue weighted by Crippen LogP contribution is 2.12. The van der Waals surface area contributed by atoms with Gasteiger partial charge in [0.15, 0.2) is 6.61 Å². The van der Waals surface area contributed by atoms with Crippen LogP contribution in [0.3, 0.4) is 0 Å². The van der Waals surface area contributed by atoms with E-state index in [2.05, 4.69) is 10.6 Å². The number of nitrogens with one attached hydrogen (secondary N) is 2. The van der Waals surface area contributed by atoms with Crippen molar-refractivity contribution in [1.82, 2.24) is 10.6 Å². The SMILES string of the molecule is CNCc1cccc(OCC(=O)NCCC#N)c1. The molecular weight excluding hydrogens is 230 g/mol. The van der Waals surface area contributed by atoms with E-state index >= 15 is 0 Å². The van der Waals surface area contributed by atoms with Crippen LogP contribution >= 0.6 is 0 Å². The molecule has 0 heterocycles. The molecule has 0 aromatic heterocycles. The van der Waals surface area contributed by atoms with Crippen molar-refractivity contribution < 1.29 is 9.53 Å². The van der Waals surface area contributed by atoms with Crippen molar-refractivity contribution in [3.63, 3.8) is 0 Å². The maximum atomic E-state index is 11.3. The highest BCUT2D eigenvalue weighted by Gasteiger charge is 2.02. The third kappa shape index (κ3) is 5.32. The van der Waals surface area contributed by atoms with Crippen molar-refractivity contribution in [1.29, 1.82) is 5.26 Å². The molecule has 0 bridgehead atoms. The summed E-state index contributed by atoms with van der Waals surface area (Å²) in [5, 5.41) is 14.0. The van der Waals surface area contributed by atoms with E-state index in [1.54, 1.807) is 0 Å². The third-order valence-corrected chi connectivity index (χ3v) is 2.21. The van der Waals surface area contributed by atoms with Gasteiger partial charge in [-0.05, 0) is 24.7 Å². The van der Waals surface area contributed by atoms with Gasteiger partial charge in [0.05, 0.1) is 12.5 Å². The fourth-order valence-electron chi connectivity index (χ4n) is 1.41. The molecular formula is C13H17N3O2. The molecule has 0 radical (unpaired) electrons. The number of carbonyl (C=O) groups is 1. The van der Waals surface area contributed by atoms with Crippen LogP contribution < -0.4 is 15.4 Å². The number of benzene rings is 1. The molecule has 1 amide bonds. The summed E-state index contributed by atoms with van der Waals surface area (Å²) in [6, 6.07) is 9.52. The summed E-state index contributed by atoms with van der Waals surface area (Å²) < 4.78 is 5.36. The Balaban J connectivity index is 2.36. The average Bonchev–Trinajstić information content (AvgIpc) is 2.38. The van der Waals surface area contributed by atoms with Gasteiger partial charge in [0.1, 0.15) is 5.75 Å². The van der Waals surface area contributed by atoms with Gasteiger partial charge in [-0.3, -0.25) is 4.79 Å². The van der Waals surface area contributed by atoms with Crippen LogP contribution in [-0.4, -0.2) is 26.1 Å². The number of hydrogen-bond acceptors (Lipinski definition) is 4. The van der Waals surface area contributed by atoms with E-state index in [0.717, 1.165) is 12.1 Å². The van der Waals surface area contributed by atoms with Crippen LogP contribution in [0.1, 0.15) is 12.0 Å². The van der Waals surface area contributed by atoms with Gasteiger partial charge in [0, 0.05) is 13.1 Å². The summed E-state index contributed by atoms with van der Waals surface area (Å²) >= 11 is 0. The van der Waals surface area contributed by atoms with Crippen molar-refractivity contribution in [2.24, 2.45) is 0 Å².